The van der Waals surface area contributed by atoms with Crippen LogP contribution in [0.15, 0.2) is 84.2 Å². The number of amides is 1. The van der Waals surface area contributed by atoms with Crippen LogP contribution in [-0.4, -0.2) is 101 Å². The number of nitrogens with zero attached hydrogens (tertiary/aromatic N) is 2. The molecule has 2 bridgehead atoms. The smallest absolute Gasteiger partial charge is 0.488 e. The first-order valence-corrected chi connectivity index (χ1v) is 24.6. The van der Waals surface area contributed by atoms with E-state index < -0.39 is 47.7 Å². The van der Waals surface area contributed by atoms with Crippen LogP contribution in [0.1, 0.15) is 64.2 Å². The lowest BCUT2D eigenvalue weighted by Gasteiger charge is -2.63. The Bertz CT molecular complexity index is 2390. The lowest BCUT2D eigenvalue weighted by Crippen LogP contribution is -2.66. The van der Waals surface area contributed by atoms with E-state index in [2.05, 4.69) is 58.3 Å². The summed E-state index contributed by atoms with van der Waals surface area (Å²) in [6.45, 7) is 10.3. The Balaban J connectivity index is 0.977. The van der Waals surface area contributed by atoms with Gasteiger partial charge in [0.2, 0.25) is 11.6 Å². The number of β-amino-alcohol motifs (C(OH)–C–C–N with tert-alkyl or cyclic N) is 1. The molecule has 3 unspecified atom stereocenters. The fraction of sp³-hybridized carbons (Fsp3) is 0.478. The minimum Gasteiger partial charge on any atom is -0.488 e. The molecule has 3 aromatic carbocycles. The van der Waals surface area contributed by atoms with Crippen molar-refractivity contribution in [3.8, 4) is 11.5 Å². The molecular weight excluding hydrogens is 937 g/mol. The molecule has 18 nitrogen and oxygen atoms in total. The average molecular weight is 996 g/mol. The molecular formula is C46H59BrN6O12Si. The third-order valence-corrected chi connectivity index (χ3v) is 16.9. The van der Waals surface area contributed by atoms with Gasteiger partial charge < -0.3 is 53.4 Å². The van der Waals surface area contributed by atoms with E-state index in [0.717, 1.165) is 22.4 Å². The summed E-state index contributed by atoms with van der Waals surface area (Å²) in [6, 6.07) is 20.6. The standard InChI is InChI=1S/C46H59BrN6O12Si/c1-43(2,42(56)48-20-13-21-66(59-6,60-7)61-8)23-36(47)41(55)64-27-30(54)25-52-24-29(50-51-52)26-62-31-18-19-37-34(22-31)45(5)35-28-63-39-17-12-9-14-32(39)40(35)65-46(49-37,44(45,3)4)33-15-10-11-16-38(33)53(57)58/h9-12,14-19,22,24,30,36,49-51,54H,13,20-21,23,25-28H2,1-8H3,(H,48,56)/t30?,36?,45-,46?/m1/s1. The van der Waals surface area contributed by atoms with Crippen molar-refractivity contribution in [2.45, 2.75) is 75.6 Å². The van der Waals surface area contributed by atoms with Gasteiger partial charge in [0.15, 0.2) is 0 Å². The number of aliphatic hydroxyl groups excluding tert-OH is 1. The van der Waals surface area contributed by atoms with Crippen molar-refractivity contribution in [1.82, 2.24) is 21.3 Å². The number of nitro groups is 1. The maximum Gasteiger partial charge on any atom is 0.500 e. The highest BCUT2D eigenvalue weighted by atomic mass is 79.9. The molecule has 1 amide bonds. The maximum absolute atomic E-state index is 13.0. The summed E-state index contributed by atoms with van der Waals surface area (Å²) in [6.07, 6.45) is 1.46. The van der Waals surface area contributed by atoms with Gasteiger partial charge in [0.1, 0.15) is 48.0 Å². The van der Waals surface area contributed by atoms with Gasteiger partial charge in [0.25, 0.3) is 5.69 Å². The second kappa shape index (κ2) is 19.2. The number of alkyl halides is 1. The number of halogens is 1. The largest absolute Gasteiger partial charge is 0.500 e. The van der Waals surface area contributed by atoms with Crippen LogP contribution in [0.5, 0.6) is 11.5 Å². The van der Waals surface area contributed by atoms with E-state index in [1.165, 1.54) is 6.07 Å². The minimum atomic E-state index is -2.75. The number of esters is 1. The van der Waals surface area contributed by atoms with Gasteiger partial charge in [-0.3, -0.25) is 24.7 Å². The number of hydrogen-bond acceptors (Lipinski definition) is 16. The fourth-order valence-electron chi connectivity index (χ4n) is 9.26. The fourth-order valence-corrected chi connectivity index (χ4v) is 11.9. The van der Waals surface area contributed by atoms with Crippen LogP contribution in [-0.2, 0) is 43.5 Å². The Morgan fingerprint density at radius 1 is 1.05 bits per heavy atom. The number of rotatable bonds is 20. The second-order valence-electron chi connectivity index (χ2n) is 18.1. The zero-order valence-corrected chi connectivity index (χ0v) is 41.0. The van der Waals surface area contributed by atoms with Crippen LogP contribution < -0.4 is 31.1 Å². The first kappa shape index (κ1) is 48.7. The van der Waals surface area contributed by atoms with E-state index in [1.54, 1.807) is 64.6 Å². The molecule has 0 radical (unpaired) electrons. The van der Waals surface area contributed by atoms with Crippen molar-refractivity contribution in [3.63, 3.8) is 0 Å². The highest BCUT2D eigenvalue weighted by Crippen LogP contribution is 2.68. The number of carbonyl (C=O) groups excluding carboxylic acids is 2. The van der Waals surface area contributed by atoms with Crippen molar-refractivity contribution in [2.24, 2.45) is 10.8 Å². The number of nitrogens with one attached hydrogen (secondary N) is 4. The van der Waals surface area contributed by atoms with Gasteiger partial charge in [-0.05, 0) is 54.8 Å². The lowest BCUT2D eigenvalue weighted by atomic mass is 9.50. The van der Waals surface area contributed by atoms with E-state index >= 15 is 0 Å². The van der Waals surface area contributed by atoms with Crippen LogP contribution >= 0.6 is 15.9 Å². The second-order valence-corrected chi connectivity index (χ2v) is 22.3. The van der Waals surface area contributed by atoms with E-state index in [0.29, 0.717) is 47.5 Å². The van der Waals surface area contributed by atoms with Gasteiger partial charge in [0.05, 0.1) is 28.3 Å². The summed E-state index contributed by atoms with van der Waals surface area (Å²) in [4.78, 5) is 37.3. The van der Waals surface area contributed by atoms with Crippen molar-refractivity contribution >= 4 is 53.7 Å². The molecule has 20 heteroatoms. The molecule has 4 aliphatic rings. The number of hydrazine groups is 2. The van der Waals surface area contributed by atoms with Crippen molar-refractivity contribution < 1.29 is 51.8 Å². The van der Waals surface area contributed by atoms with Gasteiger partial charge >= 0.3 is 14.8 Å². The number of anilines is 1. The third kappa shape index (κ3) is 8.98. The van der Waals surface area contributed by atoms with Gasteiger partial charge in [-0.25, -0.2) is 0 Å². The Labute approximate surface area is 393 Å². The van der Waals surface area contributed by atoms with Gasteiger partial charge in [0, 0.05) is 73.7 Å². The van der Waals surface area contributed by atoms with Crippen LogP contribution in [0.3, 0.4) is 0 Å². The normalized spacial score (nSPS) is 21.3. The number of nitro benzene ring substituents is 1. The van der Waals surface area contributed by atoms with Crippen molar-refractivity contribution in [1.29, 1.82) is 0 Å². The van der Waals surface area contributed by atoms with Crippen molar-refractivity contribution in [2.75, 3.05) is 59.6 Å². The molecule has 7 rings (SSSR count). The van der Waals surface area contributed by atoms with Gasteiger partial charge in [-0.15, -0.1) is 5.53 Å². The Kier molecular flexibility index (Phi) is 14.1. The summed E-state index contributed by atoms with van der Waals surface area (Å²) < 4.78 is 41.5. The summed E-state index contributed by atoms with van der Waals surface area (Å²) in [7, 11) is 1.88. The average Bonchev–Trinajstić information content (AvgIpc) is 3.75. The molecule has 0 aliphatic carbocycles. The number of aliphatic hydroxyl groups is 1. The maximum atomic E-state index is 13.0. The monoisotopic (exact) mass is 994 g/mol. The Morgan fingerprint density at radius 2 is 1.76 bits per heavy atom. The number of para-hydroxylation sites is 2. The first-order valence-electron chi connectivity index (χ1n) is 21.7. The zero-order valence-electron chi connectivity index (χ0n) is 38.5. The van der Waals surface area contributed by atoms with E-state index in [4.69, 9.17) is 32.2 Å². The third-order valence-electron chi connectivity index (χ3n) is 13.4. The van der Waals surface area contributed by atoms with E-state index in [9.17, 15) is 24.8 Å². The summed E-state index contributed by atoms with van der Waals surface area (Å²) in [5.74, 6) is 1.05. The summed E-state index contributed by atoms with van der Waals surface area (Å²) in [5.41, 5.74) is 6.53. The number of fused-ring (bicyclic) bond motifs is 7. The van der Waals surface area contributed by atoms with Gasteiger partial charge in [-0.1, -0.05) is 74.8 Å². The molecule has 4 atom stereocenters. The molecule has 3 aromatic rings. The molecule has 5 N–H and O–H groups in total. The van der Waals surface area contributed by atoms with E-state index in [-0.39, 0.29) is 49.3 Å². The van der Waals surface area contributed by atoms with Crippen LogP contribution in [0.25, 0.3) is 5.76 Å². The quantitative estimate of drug-likeness (QED) is 0.0219. The predicted octanol–water partition coefficient (Wildman–Crippen LogP) is 6.00. The lowest BCUT2D eigenvalue weighted by molar-refractivity contribution is -0.387. The van der Waals surface area contributed by atoms with Crippen LogP contribution in [0, 0.1) is 20.9 Å². The number of hydrogen-bond donors (Lipinski definition) is 5. The molecule has 0 saturated heterocycles. The van der Waals surface area contributed by atoms with E-state index in [1.807, 2.05) is 42.5 Å². The number of ether oxygens (including phenoxy) is 4. The molecule has 356 valence electrons. The highest BCUT2D eigenvalue weighted by Gasteiger charge is 2.69. The van der Waals surface area contributed by atoms with Crippen LogP contribution in [0.4, 0.5) is 11.4 Å². The molecule has 0 aromatic heterocycles. The molecule has 4 aliphatic heterocycles. The molecule has 0 fully saturated rings. The SMILES string of the molecule is CO[Si](CCCNC(=O)C(C)(C)CC(Br)C(=O)OCC(O)CN1C=C(COc2ccc3c(c2)[C@]2(C)C4=C(OC(c5ccccc5[N+](=O)[O-])(N3)C2(C)C)c2ccccc2OC4)NN1)(OC)OC. The number of benzene rings is 3. The molecule has 66 heavy (non-hydrogen) atoms. The summed E-state index contributed by atoms with van der Waals surface area (Å²) >= 11 is 3.37. The minimum absolute atomic E-state index is 0.0537. The topological polar surface area (TPSA) is 213 Å². The number of carbonyl (C=O) groups is 2. The molecule has 0 saturated carbocycles. The Morgan fingerprint density at radius 3 is 2.48 bits per heavy atom. The predicted molar refractivity (Wildman–Crippen MR) is 250 cm³/mol. The Hall–Kier alpha value is -5.22. The molecule has 4 heterocycles. The van der Waals surface area contributed by atoms with Gasteiger partial charge in [-0.2, -0.15) is 0 Å². The highest BCUT2D eigenvalue weighted by molar-refractivity contribution is 9.10. The van der Waals surface area contributed by atoms with Crippen LogP contribution in [0.2, 0.25) is 6.04 Å². The van der Waals surface area contributed by atoms with Crippen molar-refractivity contribution in [3.05, 3.63) is 111 Å². The summed E-state index contributed by atoms with van der Waals surface area (Å²) in [5, 5.41) is 31.5. The first-order chi connectivity index (χ1) is 31.3. The molecule has 0 spiro atoms. The zero-order chi connectivity index (χ0) is 47.7.